The van der Waals surface area contributed by atoms with E-state index in [0.717, 1.165) is 13.0 Å². The average molecular weight is 231 g/mol. The molecular formula is C15H21NO. The van der Waals surface area contributed by atoms with Crippen LogP contribution in [0.3, 0.4) is 0 Å². The van der Waals surface area contributed by atoms with Crippen LogP contribution >= 0.6 is 0 Å². The van der Waals surface area contributed by atoms with Crippen molar-refractivity contribution in [3.05, 3.63) is 35.4 Å². The van der Waals surface area contributed by atoms with E-state index in [0.29, 0.717) is 6.04 Å². The van der Waals surface area contributed by atoms with Crippen LogP contribution in [0.15, 0.2) is 24.3 Å². The smallest absolute Gasteiger partial charge is 0.0988 e. The number of morpholine rings is 1. The molecule has 1 aromatic carbocycles. The summed E-state index contributed by atoms with van der Waals surface area (Å²) in [6.07, 6.45) is 3.68. The van der Waals surface area contributed by atoms with Crippen molar-refractivity contribution < 1.29 is 4.74 Å². The minimum atomic E-state index is -0.00832. The highest BCUT2D eigenvalue weighted by molar-refractivity contribution is 5.33. The molecule has 3 rings (SSSR count). The second-order valence-electron chi connectivity index (χ2n) is 5.57. The van der Waals surface area contributed by atoms with Crippen LogP contribution in [-0.4, -0.2) is 18.2 Å². The van der Waals surface area contributed by atoms with E-state index in [4.69, 9.17) is 4.74 Å². The second-order valence-corrected chi connectivity index (χ2v) is 5.57. The van der Waals surface area contributed by atoms with E-state index in [1.165, 1.54) is 24.0 Å². The number of nitrogens with one attached hydrogen (secondary N) is 1. The van der Waals surface area contributed by atoms with Crippen molar-refractivity contribution >= 4 is 0 Å². The molecule has 0 bridgehead atoms. The van der Waals surface area contributed by atoms with E-state index in [2.05, 4.69) is 43.4 Å². The molecule has 17 heavy (non-hydrogen) atoms. The van der Waals surface area contributed by atoms with Gasteiger partial charge in [-0.05, 0) is 37.3 Å². The number of hydrogen-bond donors (Lipinski definition) is 1. The second kappa shape index (κ2) is 4.11. The highest BCUT2D eigenvalue weighted by Crippen LogP contribution is 2.39. The van der Waals surface area contributed by atoms with E-state index in [-0.39, 0.29) is 11.7 Å². The van der Waals surface area contributed by atoms with E-state index >= 15 is 0 Å². The predicted molar refractivity (Wildman–Crippen MR) is 69.1 cm³/mol. The Morgan fingerprint density at radius 2 is 2.24 bits per heavy atom. The van der Waals surface area contributed by atoms with Crippen molar-refractivity contribution in [3.8, 4) is 0 Å². The van der Waals surface area contributed by atoms with Gasteiger partial charge in [0.25, 0.3) is 0 Å². The van der Waals surface area contributed by atoms with Gasteiger partial charge in [0, 0.05) is 12.6 Å². The number of hydrogen-bond acceptors (Lipinski definition) is 2. The van der Waals surface area contributed by atoms with Crippen molar-refractivity contribution in [1.29, 1.82) is 0 Å². The highest BCUT2D eigenvalue weighted by atomic mass is 16.5. The number of aryl methyl sites for hydroxylation is 1. The molecule has 1 aromatic rings. The van der Waals surface area contributed by atoms with Gasteiger partial charge in [0.15, 0.2) is 0 Å². The van der Waals surface area contributed by atoms with Crippen LogP contribution in [0.2, 0.25) is 0 Å². The predicted octanol–water partition coefficient (Wildman–Crippen LogP) is 2.83. The molecule has 1 heterocycles. The summed E-state index contributed by atoms with van der Waals surface area (Å²) >= 11 is 0. The monoisotopic (exact) mass is 231 g/mol. The Kier molecular flexibility index (Phi) is 2.72. The van der Waals surface area contributed by atoms with Crippen LogP contribution in [0.1, 0.15) is 43.9 Å². The summed E-state index contributed by atoms with van der Waals surface area (Å²) in [5.74, 6) is 0. The van der Waals surface area contributed by atoms with Crippen LogP contribution in [0.5, 0.6) is 0 Å². The first kappa shape index (κ1) is 11.2. The fourth-order valence-electron chi connectivity index (χ4n) is 2.98. The topological polar surface area (TPSA) is 21.3 Å². The first-order valence-electron chi connectivity index (χ1n) is 6.71. The van der Waals surface area contributed by atoms with Crippen LogP contribution in [0, 0.1) is 0 Å². The third-order valence-electron chi connectivity index (χ3n) is 4.35. The van der Waals surface area contributed by atoms with Gasteiger partial charge < -0.3 is 10.1 Å². The van der Waals surface area contributed by atoms with Gasteiger partial charge in [-0.2, -0.15) is 0 Å². The lowest BCUT2D eigenvalue weighted by molar-refractivity contribution is -0.133. The van der Waals surface area contributed by atoms with Gasteiger partial charge >= 0.3 is 0 Å². The zero-order valence-corrected chi connectivity index (χ0v) is 10.7. The normalized spacial score (nSPS) is 36.1. The first-order chi connectivity index (χ1) is 8.22. The maximum atomic E-state index is 6.39. The molecule has 92 valence electrons. The average Bonchev–Trinajstić information content (AvgIpc) is 2.39. The van der Waals surface area contributed by atoms with E-state index < -0.39 is 0 Å². The fourth-order valence-corrected chi connectivity index (χ4v) is 2.98. The van der Waals surface area contributed by atoms with Crippen molar-refractivity contribution in [2.24, 2.45) is 0 Å². The lowest BCUT2D eigenvalue weighted by Gasteiger charge is -2.46. The Bertz CT molecular complexity index is 417. The molecular weight excluding hydrogens is 210 g/mol. The zero-order chi connectivity index (χ0) is 11.9. The highest BCUT2D eigenvalue weighted by Gasteiger charge is 2.40. The lowest BCUT2D eigenvalue weighted by atomic mass is 9.83. The Labute approximate surface area is 103 Å². The van der Waals surface area contributed by atoms with Gasteiger partial charge in [-0.1, -0.05) is 31.2 Å². The molecule has 1 fully saturated rings. The molecule has 2 nitrogen and oxygen atoms in total. The van der Waals surface area contributed by atoms with Gasteiger partial charge in [0.1, 0.15) is 0 Å². The van der Waals surface area contributed by atoms with Gasteiger partial charge in [-0.15, -0.1) is 0 Å². The van der Waals surface area contributed by atoms with E-state index in [1.807, 2.05) is 0 Å². The molecule has 0 saturated carbocycles. The molecule has 1 aliphatic heterocycles. The Morgan fingerprint density at radius 3 is 3.06 bits per heavy atom. The molecule has 2 aliphatic rings. The standard InChI is InChI=1S/C15H21NO/c1-3-15(2)10-16-13-9-8-11-6-4-5-7-12(11)14(13)17-15/h4-7,13-14,16H,3,8-10H2,1-2H3. The molecule has 0 amide bonds. The Morgan fingerprint density at radius 1 is 1.41 bits per heavy atom. The number of benzene rings is 1. The summed E-state index contributed by atoms with van der Waals surface area (Å²) in [5, 5.41) is 3.68. The summed E-state index contributed by atoms with van der Waals surface area (Å²) in [5.41, 5.74) is 2.86. The van der Waals surface area contributed by atoms with Crippen LogP contribution in [0.4, 0.5) is 0 Å². The van der Waals surface area contributed by atoms with Crippen molar-refractivity contribution in [2.45, 2.75) is 50.9 Å². The van der Waals surface area contributed by atoms with Crippen LogP contribution in [0.25, 0.3) is 0 Å². The summed E-state index contributed by atoms with van der Waals surface area (Å²) in [6, 6.07) is 9.24. The molecule has 0 radical (unpaired) electrons. The zero-order valence-electron chi connectivity index (χ0n) is 10.7. The van der Waals surface area contributed by atoms with Crippen LogP contribution in [-0.2, 0) is 11.2 Å². The SMILES string of the molecule is CCC1(C)CNC2CCc3ccccc3C2O1. The van der Waals surface area contributed by atoms with Gasteiger partial charge in [-0.25, -0.2) is 0 Å². The van der Waals surface area contributed by atoms with E-state index in [1.54, 1.807) is 0 Å². The molecule has 1 aliphatic carbocycles. The van der Waals surface area contributed by atoms with Gasteiger partial charge in [0.2, 0.25) is 0 Å². The maximum absolute atomic E-state index is 6.39. The van der Waals surface area contributed by atoms with Crippen molar-refractivity contribution in [2.75, 3.05) is 6.54 Å². The molecule has 3 unspecified atom stereocenters. The van der Waals surface area contributed by atoms with E-state index in [9.17, 15) is 0 Å². The molecule has 0 spiro atoms. The first-order valence-corrected chi connectivity index (χ1v) is 6.71. The molecule has 1 N–H and O–H groups in total. The van der Waals surface area contributed by atoms with Crippen LogP contribution < -0.4 is 5.32 Å². The van der Waals surface area contributed by atoms with Gasteiger partial charge in [-0.3, -0.25) is 0 Å². The molecule has 2 heteroatoms. The summed E-state index contributed by atoms with van der Waals surface area (Å²) < 4.78 is 6.39. The number of fused-ring (bicyclic) bond motifs is 3. The molecule has 3 atom stereocenters. The number of rotatable bonds is 1. The third-order valence-corrected chi connectivity index (χ3v) is 4.35. The summed E-state index contributed by atoms with van der Waals surface area (Å²) in [6.45, 7) is 5.40. The van der Waals surface area contributed by atoms with Gasteiger partial charge in [0.05, 0.1) is 11.7 Å². The molecule has 1 saturated heterocycles. The minimum Gasteiger partial charge on any atom is -0.364 e. The summed E-state index contributed by atoms with van der Waals surface area (Å²) in [4.78, 5) is 0. The quantitative estimate of drug-likeness (QED) is 0.802. The maximum Gasteiger partial charge on any atom is 0.0988 e. The number of ether oxygens (including phenoxy) is 1. The largest absolute Gasteiger partial charge is 0.364 e. The molecule has 0 aromatic heterocycles. The Balaban J connectivity index is 1.94. The Hall–Kier alpha value is -0.860. The fraction of sp³-hybridized carbons (Fsp3) is 0.600. The van der Waals surface area contributed by atoms with Crippen molar-refractivity contribution in [3.63, 3.8) is 0 Å². The minimum absolute atomic E-state index is 0.00832. The lowest BCUT2D eigenvalue weighted by Crippen LogP contribution is -2.55. The third kappa shape index (κ3) is 1.90. The summed E-state index contributed by atoms with van der Waals surface area (Å²) in [7, 11) is 0. The van der Waals surface area contributed by atoms with Crippen molar-refractivity contribution in [1.82, 2.24) is 5.32 Å².